The molecule has 22 heavy (non-hydrogen) atoms. The van der Waals surface area contributed by atoms with Gasteiger partial charge in [-0.05, 0) is 44.6 Å². The molecule has 0 heterocycles. The largest absolute Gasteiger partial charge is 0.508 e. The lowest BCUT2D eigenvalue weighted by molar-refractivity contribution is 0.0428. The van der Waals surface area contributed by atoms with E-state index in [0.29, 0.717) is 24.6 Å². The van der Waals surface area contributed by atoms with Crippen LogP contribution in [-0.2, 0) is 11.3 Å². The summed E-state index contributed by atoms with van der Waals surface area (Å²) >= 11 is 0. The van der Waals surface area contributed by atoms with Crippen LogP contribution in [0, 0.1) is 5.92 Å². The van der Waals surface area contributed by atoms with E-state index in [0.717, 1.165) is 24.8 Å². The van der Waals surface area contributed by atoms with Crippen molar-refractivity contribution in [3.05, 3.63) is 29.3 Å². The number of carbonyl (C=O) groups excluding carboxylic acids is 1. The number of unbranched alkanes of at least 4 members (excludes halogenated alkanes) is 1. The molecule has 0 saturated heterocycles. The fourth-order valence-electron chi connectivity index (χ4n) is 2.35. The Labute approximate surface area is 134 Å². The highest BCUT2D eigenvalue weighted by atomic mass is 16.5. The molecule has 0 amide bonds. The summed E-state index contributed by atoms with van der Waals surface area (Å²) in [6.07, 6.45) is 4.45. The third-order valence-electron chi connectivity index (χ3n) is 3.80. The molecule has 0 bridgehead atoms. The van der Waals surface area contributed by atoms with Crippen LogP contribution in [0.4, 0.5) is 0 Å². The molecule has 1 aromatic carbocycles. The topological polar surface area (TPSA) is 49.8 Å². The van der Waals surface area contributed by atoms with Crippen LogP contribution in [0.25, 0.3) is 0 Å². The summed E-state index contributed by atoms with van der Waals surface area (Å²) in [7, 11) is 3.84. The van der Waals surface area contributed by atoms with Crippen molar-refractivity contribution >= 4 is 5.97 Å². The first-order valence-electron chi connectivity index (χ1n) is 8.11. The molecule has 1 N–H and O–H groups in total. The lowest BCUT2D eigenvalue weighted by Crippen LogP contribution is -2.15. The summed E-state index contributed by atoms with van der Waals surface area (Å²) in [5, 5.41) is 9.84. The van der Waals surface area contributed by atoms with Crippen molar-refractivity contribution in [3.63, 3.8) is 0 Å². The molecule has 0 aromatic heterocycles. The molecule has 0 fully saturated rings. The zero-order valence-electron chi connectivity index (χ0n) is 14.3. The third kappa shape index (κ3) is 6.06. The van der Waals surface area contributed by atoms with Gasteiger partial charge in [0.15, 0.2) is 0 Å². The predicted octanol–water partition coefficient (Wildman–Crippen LogP) is 3.83. The standard InChI is InChI=1S/C18H29NO3/c1-5-7-8-14(6-2)13-22-18(21)15-9-10-17(20)16(11-15)12-19(3)4/h9-11,14,20H,5-8,12-13H2,1-4H3. The van der Waals surface area contributed by atoms with E-state index in [4.69, 9.17) is 4.74 Å². The first-order valence-corrected chi connectivity index (χ1v) is 8.11. The number of phenolic OH excluding ortho intramolecular Hbond substituents is 1. The molecule has 0 aliphatic rings. The van der Waals surface area contributed by atoms with Gasteiger partial charge in [-0.3, -0.25) is 0 Å². The highest BCUT2D eigenvalue weighted by Gasteiger charge is 2.14. The molecule has 0 aliphatic heterocycles. The normalized spacial score (nSPS) is 12.4. The molecule has 0 spiro atoms. The lowest BCUT2D eigenvalue weighted by atomic mass is 10.0. The molecule has 0 aliphatic carbocycles. The van der Waals surface area contributed by atoms with Crippen molar-refractivity contribution in [2.45, 2.75) is 46.1 Å². The van der Waals surface area contributed by atoms with Gasteiger partial charge >= 0.3 is 5.97 Å². The van der Waals surface area contributed by atoms with Crippen LogP contribution in [0.5, 0.6) is 5.75 Å². The van der Waals surface area contributed by atoms with Crippen LogP contribution in [0.3, 0.4) is 0 Å². The van der Waals surface area contributed by atoms with Gasteiger partial charge in [0, 0.05) is 12.1 Å². The number of rotatable bonds is 9. The molecule has 1 unspecified atom stereocenters. The fraction of sp³-hybridized carbons (Fsp3) is 0.611. The van der Waals surface area contributed by atoms with Crippen molar-refractivity contribution < 1.29 is 14.6 Å². The van der Waals surface area contributed by atoms with E-state index in [-0.39, 0.29) is 11.7 Å². The van der Waals surface area contributed by atoms with Gasteiger partial charge in [-0.25, -0.2) is 4.79 Å². The monoisotopic (exact) mass is 307 g/mol. The fourth-order valence-corrected chi connectivity index (χ4v) is 2.35. The highest BCUT2D eigenvalue weighted by Crippen LogP contribution is 2.21. The molecule has 1 aromatic rings. The maximum absolute atomic E-state index is 12.2. The van der Waals surface area contributed by atoms with Gasteiger partial charge in [-0.15, -0.1) is 0 Å². The molecule has 124 valence electrons. The Kier molecular flexibility index (Phi) is 7.96. The molecule has 0 radical (unpaired) electrons. The van der Waals surface area contributed by atoms with Gasteiger partial charge in [-0.2, -0.15) is 0 Å². The number of carbonyl (C=O) groups is 1. The summed E-state index contributed by atoms with van der Waals surface area (Å²) in [5.41, 5.74) is 1.23. The van der Waals surface area contributed by atoms with E-state index in [1.165, 1.54) is 6.42 Å². The van der Waals surface area contributed by atoms with Gasteiger partial charge in [-0.1, -0.05) is 33.1 Å². The van der Waals surface area contributed by atoms with Crippen LogP contribution in [0.1, 0.15) is 55.5 Å². The highest BCUT2D eigenvalue weighted by molar-refractivity contribution is 5.89. The smallest absolute Gasteiger partial charge is 0.338 e. The van der Waals surface area contributed by atoms with Gasteiger partial charge in [0.1, 0.15) is 5.75 Å². The quantitative estimate of drug-likeness (QED) is 0.704. The minimum absolute atomic E-state index is 0.208. The number of nitrogens with zero attached hydrogens (tertiary/aromatic N) is 1. The Balaban J connectivity index is 2.65. The van der Waals surface area contributed by atoms with Crippen LogP contribution in [0.15, 0.2) is 18.2 Å². The summed E-state index contributed by atoms with van der Waals surface area (Å²) < 4.78 is 5.44. The average Bonchev–Trinajstić information content (AvgIpc) is 2.49. The van der Waals surface area contributed by atoms with Crippen LogP contribution < -0.4 is 0 Å². The summed E-state index contributed by atoms with van der Waals surface area (Å²) in [5.74, 6) is 0.330. The van der Waals surface area contributed by atoms with Crippen molar-refractivity contribution in [3.8, 4) is 5.75 Å². The van der Waals surface area contributed by atoms with Crippen LogP contribution in [-0.4, -0.2) is 36.7 Å². The van der Waals surface area contributed by atoms with E-state index >= 15 is 0 Å². The number of esters is 1. The third-order valence-corrected chi connectivity index (χ3v) is 3.80. The second-order valence-corrected chi connectivity index (χ2v) is 6.10. The second-order valence-electron chi connectivity index (χ2n) is 6.10. The van der Waals surface area contributed by atoms with E-state index in [1.54, 1.807) is 18.2 Å². The van der Waals surface area contributed by atoms with Crippen LogP contribution >= 0.6 is 0 Å². The van der Waals surface area contributed by atoms with E-state index in [9.17, 15) is 9.90 Å². The van der Waals surface area contributed by atoms with Crippen molar-refractivity contribution in [2.75, 3.05) is 20.7 Å². The van der Waals surface area contributed by atoms with Crippen LogP contribution in [0.2, 0.25) is 0 Å². The zero-order valence-corrected chi connectivity index (χ0v) is 14.3. The average molecular weight is 307 g/mol. The Bertz CT molecular complexity index is 471. The predicted molar refractivity (Wildman–Crippen MR) is 89.1 cm³/mol. The van der Waals surface area contributed by atoms with Crippen molar-refractivity contribution in [1.29, 1.82) is 0 Å². The Morgan fingerprint density at radius 3 is 2.64 bits per heavy atom. The Hall–Kier alpha value is -1.55. The number of ether oxygens (including phenoxy) is 1. The summed E-state index contributed by atoms with van der Waals surface area (Å²) in [4.78, 5) is 14.1. The second kappa shape index (κ2) is 9.46. The number of benzene rings is 1. The Morgan fingerprint density at radius 2 is 2.05 bits per heavy atom. The Morgan fingerprint density at radius 1 is 1.32 bits per heavy atom. The molecule has 4 nitrogen and oxygen atoms in total. The first kappa shape index (κ1) is 18.5. The summed E-state index contributed by atoms with van der Waals surface area (Å²) in [6.45, 7) is 5.35. The number of aromatic hydroxyl groups is 1. The first-order chi connectivity index (χ1) is 10.5. The number of hydrogen-bond donors (Lipinski definition) is 1. The van der Waals surface area contributed by atoms with Gasteiger partial charge in [0.25, 0.3) is 0 Å². The SMILES string of the molecule is CCCCC(CC)COC(=O)c1ccc(O)c(CN(C)C)c1. The number of phenols is 1. The minimum Gasteiger partial charge on any atom is -0.508 e. The molecular formula is C18H29NO3. The van der Waals surface area contributed by atoms with E-state index in [1.807, 2.05) is 19.0 Å². The molecule has 1 rings (SSSR count). The maximum Gasteiger partial charge on any atom is 0.338 e. The number of hydrogen-bond acceptors (Lipinski definition) is 4. The molecule has 0 saturated carbocycles. The van der Waals surface area contributed by atoms with E-state index < -0.39 is 0 Å². The molecular weight excluding hydrogens is 278 g/mol. The van der Waals surface area contributed by atoms with Gasteiger partial charge in [0.2, 0.25) is 0 Å². The lowest BCUT2D eigenvalue weighted by Gasteiger charge is -2.15. The van der Waals surface area contributed by atoms with Crippen molar-refractivity contribution in [2.24, 2.45) is 5.92 Å². The molecule has 1 atom stereocenters. The van der Waals surface area contributed by atoms with Gasteiger partial charge in [0.05, 0.1) is 12.2 Å². The minimum atomic E-state index is -0.310. The molecule has 4 heteroatoms. The van der Waals surface area contributed by atoms with E-state index in [2.05, 4.69) is 13.8 Å². The summed E-state index contributed by atoms with van der Waals surface area (Å²) in [6, 6.07) is 4.89. The zero-order chi connectivity index (χ0) is 16.5. The van der Waals surface area contributed by atoms with Gasteiger partial charge < -0.3 is 14.7 Å². The van der Waals surface area contributed by atoms with Crippen molar-refractivity contribution in [1.82, 2.24) is 4.90 Å². The maximum atomic E-state index is 12.2.